The molecule has 0 unspecified atom stereocenters. The minimum Gasteiger partial charge on any atom is -0.324 e. The summed E-state index contributed by atoms with van der Waals surface area (Å²) in [5, 5.41) is 14.7. The maximum absolute atomic E-state index is 14.0. The number of nitro benzene ring substituents is 1. The first-order valence-electron chi connectivity index (χ1n) is 11.2. The Hall–Kier alpha value is -3.30. The van der Waals surface area contributed by atoms with Gasteiger partial charge >= 0.3 is 0 Å². The van der Waals surface area contributed by atoms with Gasteiger partial charge < -0.3 is 5.32 Å². The first-order valence-corrected chi connectivity index (χ1v) is 11.6. The van der Waals surface area contributed by atoms with E-state index in [9.17, 15) is 24.5 Å². The molecule has 0 aromatic heterocycles. The minimum absolute atomic E-state index is 0.115. The first kappa shape index (κ1) is 21.2. The maximum atomic E-state index is 14.0. The van der Waals surface area contributed by atoms with Gasteiger partial charge in [-0.25, -0.2) is 4.90 Å². The van der Waals surface area contributed by atoms with Crippen molar-refractivity contribution in [3.8, 4) is 0 Å². The highest BCUT2D eigenvalue weighted by Gasteiger charge is 2.74. The largest absolute Gasteiger partial charge is 0.324 e. The number of anilines is 2. The van der Waals surface area contributed by atoms with Crippen molar-refractivity contribution in [3.63, 3.8) is 0 Å². The number of fused-ring (bicyclic) bond motifs is 7. The number of halogens is 1. The van der Waals surface area contributed by atoms with E-state index < -0.39 is 28.2 Å². The molecule has 0 aliphatic carbocycles. The lowest BCUT2D eigenvalue weighted by atomic mass is 9.75. The third-order valence-corrected chi connectivity index (χ3v) is 8.40. The molecule has 4 aliphatic heterocycles. The maximum Gasteiger partial charge on any atom is 0.269 e. The highest BCUT2D eigenvalue weighted by molar-refractivity contribution is 6.32. The number of hydrogen-bond acceptors (Lipinski definition) is 6. The summed E-state index contributed by atoms with van der Waals surface area (Å²) in [6, 6.07) is 7.36. The molecule has 6 rings (SSSR count). The van der Waals surface area contributed by atoms with Crippen LogP contribution in [0.3, 0.4) is 0 Å². The molecule has 2 aromatic rings. The molecule has 1 spiro atoms. The fourth-order valence-corrected chi connectivity index (χ4v) is 6.79. The van der Waals surface area contributed by atoms with Crippen LogP contribution in [0.15, 0.2) is 30.3 Å². The molecule has 0 saturated carbocycles. The molecule has 34 heavy (non-hydrogen) atoms. The summed E-state index contributed by atoms with van der Waals surface area (Å²) in [7, 11) is 0. The molecule has 3 amide bonds. The number of hydrogen-bond donors (Lipinski definition) is 1. The number of benzene rings is 2. The predicted molar refractivity (Wildman–Crippen MR) is 124 cm³/mol. The SMILES string of the molecule is Cc1cc([N+](=O)[O-])ccc1N1C(=O)[C@@H]2[C@@H](C1=O)[C@]1(C(=O)Nc3c1ccc(Cl)c3C)N1CCC[C@@H]21. The Kier molecular flexibility index (Phi) is 4.29. The van der Waals surface area contributed by atoms with Gasteiger partial charge in [-0.2, -0.15) is 0 Å². The van der Waals surface area contributed by atoms with Gasteiger partial charge in [-0.15, -0.1) is 0 Å². The minimum atomic E-state index is -1.29. The molecule has 0 bridgehead atoms. The molecule has 9 nitrogen and oxygen atoms in total. The van der Waals surface area contributed by atoms with E-state index in [2.05, 4.69) is 5.32 Å². The van der Waals surface area contributed by atoms with Crippen LogP contribution in [-0.2, 0) is 19.9 Å². The highest BCUT2D eigenvalue weighted by Crippen LogP contribution is 2.61. The van der Waals surface area contributed by atoms with Gasteiger partial charge in [0.25, 0.3) is 5.69 Å². The monoisotopic (exact) mass is 480 g/mol. The van der Waals surface area contributed by atoms with Crippen LogP contribution < -0.4 is 10.2 Å². The molecule has 3 fully saturated rings. The standard InChI is InChI=1S/C24H21ClN4O5/c1-11-10-13(29(33)34)5-8-16(11)28-21(30)18-17-4-3-9-27(17)24(19(18)22(28)31)14-6-7-15(25)12(2)20(14)26-23(24)32/h5-8,10,17-19H,3-4,9H2,1-2H3,(H,26,32)/t17-,18-,19-,24+/m0/s1. The molecule has 174 valence electrons. The summed E-state index contributed by atoms with van der Waals surface area (Å²) in [6.45, 7) is 4.07. The van der Waals surface area contributed by atoms with Crippen LogP contribution in [0.1, 0.15) is 29.5 Å². The van der Waals surface area contributed by atoms with E-state index in [1.165, 1.54) is 18.2 Å². The van der Waals surface area contributed by atoms with E-state index in [0.717, 1.165) is 16.9 Å². The second kappa shape index (κ2) is 6.86. The zero-order chi connectivity index (χ0) is 24.1. The average molecular weight is 481 g/mol. The smallest absolute Gasteiger partial charge is 0.269 e. The van der Waals surface area contributed by atoms with E-state index in [-0.39, 0.29) is 23.5 Å². The van der Waals surface area contributed by atoms with Crippen molar-refractivity contribution >= 4 is 46.4 Å². The van der Waals surface area contributed by atoms with Crippen molar-refractivity contribution in [1.29, 1.82) is 0 Å². The molecule has 4 heterocycles. The van der Waals surface area contributed by atoms with Crippen molar-refractivity contribution in [2.45, 2.75) is 38.3 Å². The van der Waals surface area contributed by atoms with Crippen molar-refractivity contribution in [2.75, 3.05) is 16.8 Å². The van der Waals surface area contributed by atoms with E-state index in [0.29, 0.717) is 40.5 Å². The number of imide groups is 1. The average Bonchev–Trinajstić information content (AvgIpc) is 3.50. The Balaban J connectivity index is 1.54. The van der Waals surface area contributed by atoms with Gasteiger partial charge in [-0.05, 0) is 56.5 Å². The molecule has 3 saturated heterocycles. The second-order valence-electron chi connectivity index (χ2n) is 9.46. The van der Waals surface area contributed by atoms with E-state index >= 15 is 0 Å². The van der Waals surface area contributed by atoms with Crippen LogP contribution in [0.4, 0.5) is 17.1 Å². The summed E-state index contributed by atoms with van der Waals surface area (Å²) in [4.78, 5) is 55.4. The Morgan fingerprint density at radius 2 is 1.91 bits per heavy atom. The number of aryl methyl sites for hydroxylation is 1. The van der Waals surface area contributed by atoms with Crippen LogP contribution in [-0.4, -0.2) is 40.1 Å². The molecule has 4 atom stereocenters. The lowest BCUT2D eigenvalue weighted by Gasteiger charge is -2.36. The normalized spacial score (nSPS) is 29.6. The molecule has 2 aromatic carbocycles. The van der Waals surface area contributed by atoms with Crippen LogP contribution in [0.5, 0.6) is 0 Å². The number of nitro groups is 1. The summed E-state index contributed by atoms with van der Waals surface area (Å²) in [5.74, 6) is -2.67. The first-order chi connectivity index (χ1) is 16.2. The third-order valence-electron chi connectivity index (χ3n) is 7.99. The topological polar surface area (TPSA) is 113 Å². The highest BCUT2D eigenvalue weighted by atomic mass is 35.5. The number of nitrogens with one attached hydrogen (secondary N) is 1. The number of carbonyl (C=O) groups excluding carboxylic acids is 3. The summed E-state index contributed by atoms with van der Waals surface area (Å²) >= 11 is 6.32. The summed E-state index contributed by atoms with van der Waals surface area (Å²) < 4.78 is 0. The Morgan fingerprint density at radius 1 is 1.15 bits per heavy atom. The molecule has 1 N–H and O–H groups in total. The molecular formula is C24H21ClN4O5. The summed E-state index contributed by atoms with van der Waals surface area (Å²) in [5.41, 5.74) is 1.38. The van der Waals surface area contributed by atoms with Crippen molar-refractivity contribution in [3.05, 3.63) is 62.2 Å². The van der Waals surface area contributed by atoms with E-state index in [1.54, 1.807) is 19.1 Å². The van der Waals surface area contributed by atoms with Gasteiger partial charge in [0.05, 0.1) is 28.1 Å². The molecule has 10 heteroatoms. The fourth-order valence-electron chi connectivity index (χ4n) is 6.63. The second-order valence-corrected chi connectivity index (χ2v) is 9.87. The Morgan fingerprint density at radius 3 is 2.62 bits per heavy atom. The molecule has 0 radical (unpaired) electrons. The number of rotatable bonds is 2. The van der Waals surface area contributed by atoms with Crippen LogP contribution >= 0.6 is 11.6 Å². The van der Waals surface area contributed by atoms with Gasteiger partial charge in [-0.3, -0.25) is 29.4 Å². The van der Waals surface area contributed by atoms with Crippen molar-refractivity contribution < 1.29 is 19.3 Å². The lowest BCUT2D eigenvalue weighted by molar-refractivity contribution is -0.384. The van der Waals surface area contributed by atoms with Crippen molar-refractivity contribution in [2.24, 2.45) is 11.8 Å². The zero-order valence-electron chi connectivity index (χ0n) is 18.5. The van der Waals surface area contributed by atoms with E-state index in [1.807, 2.05) is 11.8 Å². The van der Waals surface area contributed by atoms with Gasteiger partial charge in [0.2, 0.25) is 17.7 Å². The lowest BCUT2D eigenvalue weighted by Crippen LogP contribution is -2.54. The van der Waals surface area contributed by atoms with Gasteiger partial charge in [-0.1, -0.05) is 17.7 Å². The van der Waals surface area contributed by atoms with Crippen LogP contribution in [0, 0.1) is 35.8 Å². The third kappa shape index (κ3) is 2.35. The van der Waals surface area contributed by atoms with Gasteiger partial charge in [0.1, 0.15) is 5.54 Å². The number of amides is 3. The fraction of sp³-hybridized carbons (Fsp3) is 0.375. The van der Waals surface area contributed by atoms with Gasteiger partial charge in [0.15, 0.2) is 0 Å². The van der Waals surface area contributed by atoms with E-state index in [4.69, 9.17) is 11.6 Å². The Labute approximate surface area is 199 Å². The van der Waals surface area contributed by atoms with Crippen LogP contribution in [0.25, 0.3) is 0 Å². The zero-order valence-corrected chi connectivity index (χ0v) is 19.3. The Bertz CT molecular complexity index is 1340. The number of carbonyl (C=O) groups is 3. The van der Waals surface area contributed by atoms with Crippen LogP contribution in [0.2, 0.25) is 5.02 Å². The quantitative estimate of drug-likeness (QED) is 0.401. The number of nitrogens with zero attached hydrogens (tertiary/aromatic N) is 3. The summed E-state index contributed by atoms with van der Waals surface area (Å²) in [6.07, 6.45) is 1.53. The number of non-ortho nitro benzene ring substituents is 1. The van der Waals surface area contributed by atoms with Gasteiger partial charge in [0, 0.05) is 28.8 Å². The van der Waals surface area contributed by atoms with Crippen molar-refractivity contribution in [1.82, 2.24) is 4.90 Å². The molecule has 4 aliphatic rings. The predicted octanol–water partition coefficient (Wildman–Crippen LogP) is 3.30. The molecular weight excluding hydrogens is 460 g/mol.